The first kappa shape index (κ1) is 23.6. The summed E-state index contributed by atoms with van der Waals surface area (Å²) >= 11 is 0. The maximum Gasteiger partial charge on any atom is 0.410 e. The van der Waals surface area contributed by atoms with Crippen molar-refractivity contribution >= 4 is 40.7 Å². The van der Waals surface area contributed by atoms with Gasteiger partial charge in [-0.25, -0.2) is 10.2 Å². The van der Waals surface area contributed by atoms with Gasteiger partial charge in [0.25, 0.3) is 5.91 Å². The van der Waals surface area contributed by atoms with Crippen LogP contribution in [0.3, 0.4) is 0 Å². The number of piperidine rings is 1. The molecule has 186 valence electrons. The van der Waals surface area contributed by atoms with E-state index in [1.807, 2.05) is 30.3 Å². The van der Waals surface area contributed by atoms with E-state index in [4.69, 9.17) is 4.74 Å². The van der Waals surface area contributed by atoms with E-state index in [-0.39, 0.29) is 11.8 Å². The lowest BCUT2D eigenvalue weighted by atomic mass is 10.0. The SMILES string of the molecule is CC(C)(C)OC(=O)N1CCCC[C@H]1C(=O)Nc1cc2c3c(c(-c4ccccc4)[nH]c3c1)C=NNC2=O. The van der Waals surface area contributed by atoms with E-state index in [0.717, 1.165) is 35.0 Å². The van der Waals surface area contributed by atoms with Crippen LogP contribution < -0.4 is 10.7 Å². The quantitative estimate of drug-likeness (QED) is 0.499. The topological polar surface area (TPSA) is 116 Å². The Morgan fingerprint density at radius 2 is 1.92 bits per heavy atom. The van der Waals surface area contributed by atoms with Gasteiger partial charge < -0.3 is 15.0 Å². The average molecular weight is 488 g/mol. The predicted octanol–water partition coefficient (Wildman–Crippen LogP) is 4.64. The van der Waals surface area contributed by atoms with E-state index >= 15 is 0 Å². The van der Waals surface area contributed by atoms with E-state index in [2.05, 4.69) is 20.8 Å². The molecule has 0 saturated carbocycles. The van der Waals surface area contributed by atoms with Crippen molar-refractivity contribution in [3.05, 3.63) is 53.6 Å². The molecular formula is C27H29N5O4. The number of aromatic nitrogens is 1. The van der Waals surface area contributed by atoms with Gasteiger partial charge in [0, 0.05) is 28.7 Å². The summed E-state index contributed by atoms with van der Waals surface area (Å²) in [5, 5.41) is 7.75. The summed E-state index contributed by atoms with van der Waals surface area (Å²) in [7, 11) is 0. The third-order valence-corrected chi connectivity index (χ3v) is 6.30. The Labute approximate surface area is 208 Å². The fraction of sp³-hybridized carbons (Fsp3) is 0.333. The van der Waals surface area contributed by atoms with Gasteiger partial charge >= 0.3 is 6.09 Å². The van der Waals surface area contributed by atoms with Crippen LogP contribution in [0.1, 0.15) is 56.0 Å². The van der Waals surface area contributed by atoms with Crippen molar-refractivity contribution in [1.82, 2.24) is 15.3 Å². The first-order valence-corrected chi connectivity index (χ1v) is 12.1. The van der Waals surface area contributed by atoms with Crippen molar-refractivity contribution in [1.29, 1.82) is 0 Å². The zero-order valence-corrected chi connectivity index (χ0v) is 20.6. The fourth-order valence-corrected chi connectivity index (χ4v) is 4.76. The molecule has 0 spiro atoms. The van der Waals surface area contributed by atoms with Crippen molar-refractivity contribution < 1.29 is 19.1 Å². The van der Waals surface area contributed by atoms with Crippen LogP contribution in [0.4, 0.5) is 10.5 Å². The van der Waals surface area contributed by atoms with Gasteiger partial charge in [0.1, 0.15) is 11.6 Å². The van der Waals surface area contributed by atoms with E-state index < -0.39 is 17.7 Å². The number of carbonyl (C=O) groups is 3. The fourth-order valence-electron chi connectivity index (χ4n) is 4.76. The zero-order valence-electron chi connectivity index (χ0n) is 20.6. The number of nitrogens with one attached hydrogen (secondary N) is 3. The summed E-state index contributed by atoms with van der Waals surface area (Å²) in [6.45, 7) is 5.86. The van der Waals surface area contributed by atoms with Crippen molar-refractivity contribution in [2.75, 3.05) is 11.9 Å². The number of hydrazone groups is 1. The second-order valence-electron chi connectivity index (χ2n) is 10.1. The highest BCUT2D eigenvalue weighted by Gasteiger charge is 2.35. The van der Waals surface area contributed by atoms with Crippen LogP contribution in [0.25, 0.3) is 22.2 Å². The number of aromatic amines is 1. The number of H-pyrrole nitrogens is 1. The first-order valence-electron chi connectivity index (χ1n) is 12.1. The minimum Gasteiger partial charge on any atom is -0.444 e. The lowest BCUT2D eigenvalue weighted by Gasteiger charge is -2.35. The number of hydrogen-bond acceptors (Lipinski definition) is 5. The van der Waals surface area contributed by atoms with Crippen LogP contribution in [0, 0.1) is 0 Å². The number of carbonyl (C=O) groups excluding carboxylic acids is 3. The van der Waals surface area contributed by atoms with Crippen LogP contribution in [0.2, 0.25) is 0 Å². The molecular weight excluding hydrogens is 458 g/mol. The summed E-state index contributed by atoms with van der Waals surface area (Å²) in [6.07, 6.45) is 3.32. The molecule has 3 aromatic rings. The number of rotatable bonds is 3. The number of anilines is 1. The Bertz CT molecular complexity index is 1370. The molecule has 0 radical (unpaired) electrons. The largest absolute Gasteiger partial charge is 0.444 e. The molecule has 1 aromatic heterocycles. The smallest absolute Gasteiger partial charge is 0.410 e. The first-order chi connectivity index (χ1) is 17.2. The van der Waals surface area contributed by atoms with E-state index in [9.17, 15) is 14.4 Å². The Hall–Kier alpha value is -4.14. The number of benzene rings is 2. The van der Waals surface area contributed by atoms with Crippen LogP contribution >= 0.6 is 0 Å². The zero-order chi connectivity index (χ0) is 25.4. The molecule has 9 nitrogen and oxygen atoms in total. The minimum atomic E-state index is -0.654. The Morgan fingerprint density at radius 3 is 2.67 bits per heavy atom. The number of amides is 3. The molecule has 2 aliphatic rings. The molecule has 2 aliphatic heterocycles. The second kappa shape index (κ2) is 9.14. The van der Waals surface area contributed by atoms with Gasteiger partial charge in [-0.05, 0) is 57.7 Å². The summed E-state index contributed by atoms with van der Waals surface area (Å²) in [5.41, 5.74) is 6.03. The number of likely N-dealkylation sites (tertiary alicyclic amines) is 1. The van der Waals surface area contributed by atoms with E-state index in [0.29, 0.717) is 29.7 Å². The maximum atomic E-state index is 13.3. The molecule has 3 heterocycles. The highest BCUT2D eigenvalue weighted by Crippen LogP contribution is 2.34. The molecule has 5 rings (SSSR count). The molecule has 1 atom stereocenters. The van der Waals surface area contributed by atoms with Gasteiger partial charge in [-0.1, -0.05) is 30.3 Å². The van der Waals surface area contributed by atoms with Crippen molar-refractivity contribution in [3.63, 3.8) is 0 Å². The molecule has 3 N–H and O–H groups in total. The van der Waals surface area contributed by atoms with Crippen molar-refractivity contribution in [2.24, 2.45) is 5.10 Å². The summed E-state index contributed by atoms with van der Waals surface area (Å²) in [5.74, 6) is -0.676. The summed E-state index contributed by atoms with van der Waals surface area (Å²) in [6, 6.07) is 12.6. The molecule has 1 saturated heterocycles. The van der Waals surface area contributed by atoms with Gasteiger partial charge in [-0.2, -0.15) is 5.10 Å². The van der Waals surface area contributed by atoms with E-state index in [1.54, 1.807) is 39.1 Å². The van der Waals surface area contributed by atoms with Crippen LogP contribution in [-0.4, -0.2) is 52.2 Å². The standard InChI is InChI=1S/C27H29N5O4/c1-27(2,3)36-26(35)32-12-8-7-11-21(32)25(34)29-17-13-18-22-19(15-28-31-24(18)33)23(30-20(22)14-17)16-9-5-4-6-10-16/h4-6,9-10,13-15,21,30H,7-8,11-12H2,1-3H3,(H,29,34)(H,31,33)/t21-/m0/s1. The van der Waals surface area contributed by atoms with Crippen molar-refractivity contribution in [3.8, 4) is 11.3 Å². The highest BCUT2D eigenvalue weighted by molar-refractivity contribution is 6.18. The summed E-state index contributed by atoms with van der Waals surface area (Å²) < 4.78 is 5.53. The number of nitrogens with zero attached hydrogens (tertiary/aromatic N) is 2. The third kappa shape index (κ3) is 4.56. The van der Waals surface area contributed by atoms with Crippen molar-refractivity contribution in [2.45, 2.75) is 51.7 Å². The Morgan fingerprint density at radius 1 is 1.14 bits per heavy atom. The molecule has 3 amide bonds. The van der Waals surface area contributed by atoms with Gasteiger partial charge in [0.15, 0.2) is 0 Å². The molecule has 0 unspecified atom stereocenters. The minimum absolute atomic E-state index is 0.313. The monoisotopic (exact) mass is 487 g/mol. The second-order valence-corrected chi connectivity index (χ2v) is 10.1. The van der Waals surface area contributed by atoms with Gasteiger partial charge in [0.05, 0.1) is 17.5 Å². The third-order valence-electron chi connectivity index (χ3n) is 6.30. The maximum absolute atomic E-state index is 13.3. The molecule has 36 heavy (non-hydrogen) atoms. The van der Waals surface area contributed by atoms with Crippen LogP contribution in [0.15, 0.2) is 47.6 Å². The van der Waals surface area contributed by atoms with Gasteiger partial charge in [-0.3, -0.25) is 14.5 Å². The average Bonchev–Trinajstić information content (AvgIpc) is 3.12. The predicted molar refractivity (Wildman–Crippen MR) is 138 cm³/mol. The highest BCUT2D eigenvalue weighted by atomic mass is 16.6. The normalized spacial score (nSPS) is 17.5. The van der Waals surface area contributed by atoms with Gasteiger partial charge in [0.2, 0.25) is 5.91 Å². The lowest BCUT2D eigenvalue weighted by Crippen LogP contribution is -2.51. The van der Waals surface area contributed by atoms with E-state index in [1.165, 1.54) is 4.90 Å². The number of hydrogen-bond donors (Lipinski definition) is 3. The molecule has 1 fully saturated rings. The Balaban J connectivity index is 1.49. The number of ether oxygens (including phenoxy) is 1. The summed E-state index contributed by atoms with van der Waals surface area (Å²) in [4.78, 5) is 43.8. The molecule has 0 bridgehead atoms. The van der Waals surface area contributed by atoms with Crippen LogP contribution in [-0.2, 0) is 9.53 Å². The van der Waals surface area contributed by atoms with Gasteiger partial charge in [-0.15, -0.1) is 0 Å². The lowest BCUT2D eigenvalue weighted by molar-refractivity contribution is -0.122. The molecule has 9 heteroatoms. The molecule has 2 aromatic carbocycles. The molecule has 0 aliphatic carbocycles. The Kier molecular flexibility index (Phi) is 5.99. The van der Waals surface area contributed by atoms with Crippen LogP contribution in [0.5, 0.6) is 0 Å².